The highest BCUT2D eigenvalue weighted by molar-refractivity contribution is 5.71. The predicted octanol–water partition coefficient (Wildman–Crippen LogP) is 5.38. The van der Waals surface area contributed by atoms with Crippen LogP contribution in [0.3, 0.4) is 0 Å². The Kier molecular flexibility index (Phi) is 15.1. The van der Waals surface area contributed by atoms with Gasteiger partial charge < -0.3 is 11.1 Å². The number of nitrogens with two attached hydrogens (primary N) is 1. The van der Waals surface area contributed by atoms with Crippen molar-refractivity contribution in [2.45, 2.75) is 97.3 Å². The summed E-state index contributed by atoms with van der Waals surface area (Å²) >= 11 is 0. The third-order valence-electron chi connectivity index (χ3n) is 4.01. The van der Waals surface area contributed by atoms with Gasteiger partial charge in [-0.3, -0.25) is 0 Å². The third kappa shape index (κ3) is 19.3. The molecule has 2 amide bonds. The average Bonchev–Trinajstić information content (AvgIpc) is 2.42. The first kappa shape index (κ1) is 20.3. The van der Waals surface area contributed by atoms with Crippen LogP contribution in [0, 0.1) is 5.92 Å². The minimum absolute atomic E-state index is 0.404. The summed E-state index contributed by atoms with van der Waals surface area (Å²) in [6, 6.07) is -0.404. The quantitative estimate of drug-likeness (QED) is 0.392. The van der Waals surface area contributed by atoms with Crippen LogP contribution in [-0.4, -0.2) is 12.6 Å². The van der Waals surface area contributed by atoms with Gasteiger partial charge in [-0.2, -0.15) is 0 Å². The van der Waals surface area contributed by atoms with Gasteiger partial charge in [-0.25, -0.2) is 4.79 Å². The van der Waals surface area contributed by atoms with Crippen molar-refractivity contribution in [1.82, 2.24) is 5.32 Å². The van der Waals surface area contributed by atoms with Crippen molar-refractivity contribution in [3.05, 3.63) is 0 Å². The molecule has 3 nitrogen and oxygen atoms in total. The molecule has 0 aromatic rings. The summed E-state index contributed by atoms with van der Waals surface area (Å²) in [6.07, 6.45) is 17.6. The number of hydrogen-bond donors (Lipinski definition) is 2. The van der Waals surface area contributed by atoms with Crippen molar-refractivity contribution in [3.8, 4) is 0 Å². The van der Waals surface area contributed by atoms with Gasteiger partial charge in [0.25, 0.3) is 0 Å². The summed E-state index contributed by atoms with van der Waals surface area (Å²) in [5.41, 5.74) is 5.00. The van der Waals surface area contributed by atoms with Crippen LogP contribution in [0.4, 0.5) is 4.79 Å². The van der Waals surface area contributed by atoms with Gasteiger partial charge in [-0.15, -0.1) is 0 Å². The molecule has 0 aliphatic carbocycles. The highest BCUT2D eigenvalue weighted by atomic mass is 16.2. The van der Waals surface area contributed by atoms with Crippen LogP contribution in [0.2, 0.25) is 0 Å². The van der Waals surface area contributed by atoms with Crippen molar-refractivity contribution < 1.29 is 4.79 Å². The Morgan fingerprint density at radius 1 is 0.762 bits per heavy atom. The monoisotopic (exact) mass is 298 g/mol. The van der Waals surface area contributed by atoms with E-state index in [1.165, 1.54) is 77.0 Å². The fraction of sp³-hybridized carbons (Fsp3) is 0.944. The molecule has 0 spiro atoms. The Balaban J connectivity index is 2.98. The van der Waals surface area contributed by atoms with Gasteiger partial charge in [0.1, 0.15) is 0 Å². The zero-order valence-corrected chi connectivity index (χ0v) is 14.5. The number of primary amides is 1. The molecule has 0 bridgehead atoms. The van der Waals surface area contributed by atoms with E-state index in [2.05, 4.69) is 19.2 Å². The fourth-order valence-corrected chi connectivity index (χ4v) is 2.66. The number of carbonyl (C=O) groups excluding carboxylic acids is 1. The van der Waals surface area contributed by atoms with Gasteiger partial charge in [0, 0.05) is 6.54 Å². The lowest BCUT2D eigenvalue weighted by Gasteiger charge is -2.05. The van der Waals surface area contributed by atoms with Crippen molar-refractivity contribution >= 4 is 6.03 Å². The SMILES string of the molecule is CC(C)CCCCCCCCCCCCCCNC(N)=O. The summed E-state index contributed by atoms with van der Waals surface area (Å²) < 4.78 is 0. The second-order valence-corrected chi connectivity index (χ2v) is 6.72. The maximum absolute atomic E-state index is 10.5. The Morgan fingerprint density at radius 3 is 1.52 bits per heavy atom. The smallest absolute Gasteiger partial charge is 0.312 e. The van der Waals surface area contributed by atoms with E-state index in [1.807, 2.05) is 0 Å². The highest BCUT2D eigenvalue weighted by Crippen LogP contribution is 2.13. The van der Waals surface area contributed by atoms with E-state index in [0.29, 0.717) is 0 Å². The van der Waals surface area contributed by atoms with E-state index < -0.39 is 6.03 Å². The van der Waals surface area contributed by atoms with E-state index in [0.717, 1.165) is 18.9 Å². The van der Waals surface area contributed by atoms with E-state index in [1.54, 1.807) is 0 Å². The summed E-state index contributed by atoms with van der Waals surface area (Å²) in [6.45, 7) is 5.36. The molecule has 0 atom stereocenters. The van der Waals surface area contributed by atoms with E-state index in [9.17, 15) is 4.79 Å². The number of hydrogen-bond acceptors (Lipinski definition) is 1. The van der Waals surface area contributed by atoms with Gasteiger partial charge in [-0.05, 0) is 12.3 Å². The highest BCUT2D eigenvalue weighted by Gasteiger charge is 1.96. The van der Waals surface area contributed by atoms with Crippen LogP contribution >= 0.6 is 0 Å². The Bertz CT molecular complexity index is 229. The van der Waals surface area contributed by atoms with E-state index in [-0.39, 0.29) is 0 Å². The molecule has 0 aromatic carbocycles. The largest absolute Gasteiger partial charge is 0.352 e. The van der Waals surface area contributed by atoms with Gasteiger partial charge in [0.2, 0.25) is 0 Å². The summed E-state index contributed by atoms with van der Waals surface area (Å²) in [4.78, 5) is 10.5. The molecule has 0 aromatic heterocycles. The van der Waals surface area contributed by atoms with Crippen LogP contribution in [0.5, 0.6) is 0 Å². The van der Waals surface area contributed by atoms with Crippen LogP contribution in [-0.2, 0) is 0 Å². The molecule has 3 N–H and O–H groups in total. The second kappa shape index (κ2) is 15.7. The number of nitrogens with one attached hydrogen (secondary N) is 1. The predicted molar refractivity (Wildman–Crippen MR) is 92.4 cm³/mol. The minimum atomic E-state index is -0.404. The normalized spacial score (nSPS) is 11.0. The molecular formula is C18H38N2O. The van der Waals surface area contributed by atoms with Crippen LogP contribution in [0.1, 0.15) is 97.3 Å². The lowest BCUT2D eigenvalue weighted by molar-refractivity contribution is 0.248. The first-order valence-electron chi connectivity index (χ1n) is 9.16. The van der Waals surface area contributed by atoms with E-state index in [4.69, 9.17) is 5.73 Å². The van der Waals surface area contributed by atoms with Crippen molar-refractivity contribution in [2.24, 2.45) is 11.7 Å². The number of urea groups is 1. The lowest BCUT2D eigenvalue weighted by atomic mass is 10.0. The molecule has 0 radical (unpaired) electrons. The molecule has 126 valence electrons. The zero-order valence-electron chi connectivity index (χ0n) is 14.5. The molecule has 21 heavy (non-hydrogen) atoms. The molecule has 0 saturated heterocycles. The topological polar surface area (TPSA) is 55.1 Å². The first-order chi connectivity index (χ1) is 10.1. The molecule has 0 rings (SSSR count). The molecule has 0 heterocycles. The summed E-state index contributed by atoms with van der Waals surface area (Å²) in [5.74, 6) is 0.872. The standard InChI is InChI=1S/C18H38N2O/c1-17(2)15-13-11-9-7-5-3-4-6-8-10-12-14-16-20-18(19)21/h17H,3-16H2,1-2H3,(H3,19,20,21). The molecule has 0 unspecified atom stereocenters. The van der Waals surface area contributed by atoms with Crippen LogP contribution in [0.15, 0.2) is 0 Å². The van der Waals surface area contributed by atoms with Gasteiger partial charge >= 0.3 is 6.03 Å². The first-order valence-corrected chi connectivity index (χ1v) is 9.16. The number of carbonyl (C=O) groups is 1. The Hall–Kier alpha value is -0.730. The van der Waals surface area contributed by atoms with Crippen LogP contribution in [0.25, 0.3) is 0 Å². The van der Waals surface area contributed by atoms with Gasteiger partial charge in [0.05, 0.1) is 0 Å². The number of amides is 2. The second-order valence-electron chi connectivity index (χ2n) is 6.72. The maximum Gasteiger partial charge on any atom is 0.312 e. The minimum Gasteiger partial charge on any atom is -0.352 e. The van der Waals surface area contributed by atoms with Gasteiger partial charge in [-0.1, -0.05) is 90.9 Å². The van der Waals surface area contributed by atoms with Crippen molar-refractivity contribution in [3.63, 3.8) is 0 Å². The van der Waals surface area contributed by atoms with E-state index >= 15 is 0 Å². The average molecular weight is 299 g/mol. The van der Waals surface area contributed by atoms with Crippen molar-refractivity contribution in [2.75, 3.05) is 6.54 Å². The molecule has 3 heteroatoms. The Morgan fingerprint density at radius 2 is 1.14 bits per heavy atom. The number of rotatable bonds is 15. The maximum atomic E-state index is 10.5. The van der Waals surface area contributed by atoms with Crippen LogP contribution < -0.4 is 11.1 Å². The molecule has 0 fully saturated rings. The Labute approximate surface area is 132 Å². The third-order valence-corrected chi connectivity index (χ3v) is 4.01. The summed E-state index contributed by atoms with van der Waals surface area (Å²) in [5, 5.41) is 2.63. The fourth-order valence-electron chi connectivity index (χ4n) is 2.66. The zero-order chi connectivity index (χ0) is 15.8. The van der Waals surface area contributed by atoms with Gasteiger partial charge in [0.15, 0.2) is 0 Å². The molecular weight excluding hydrogens is 260 g/mol. The molecule has 0 saturated carbocycles. The molecule has 0 aliphatic rings. The lowest BCUT2D eigenvalue weighted by Crippen LogP contribution is -2.29. The van der Waals surface area contributed by atoms with Crippen molar-refractivity contribution in [1.29, 1.82) is 0 Å². The summed E-state index contributed by atoms with van der Waals surface area (Å²) in [7, 11) is 0. The molecule has 0 aliphatic heterocycles. The number of unbranched alkanes of at least 4 members (excludes halogenated alkanes) is 11.